The highest BCUT2D eigenvalue weighted by atomic mass is 16.4. The van der Waals surface area contributed by atoms with E-state index in [1.54, 1.807) is 11.8 Å². The number of rotatable bonds is 4. The first kappa shape index (κ1) is 13.3. The van der Waals surface area contributed by atoms with Crippen LogP contribution in [-0.4, -0.2) is 49.8 Å². The highest BCUT2D eigenvalue weighted by Gasteiger charge is 2.31. The summed E-state index contributed by atoms with van der Waals surface area (Å²) in [5.41, 5.74) is 0. The number of carbonyl (C=O) groups is 2. The fourth-order valence-corrected chi connectivity index (χ4v) is 2.28. The van der Waals surface area contributed by atoms with Gasteiger partial charge in [-0.05, 0) is 19.8 Å². The number of carboxylic acid groups (broad SMARTS) is 1. The number of urea groups is 1. The summed E-state index contributed by atoms with van der Waals surface area (Å²) in [7, 11) is 0. The van der Waals surface area contributed by atoms with Crippen molar-refractivity contribution >= 4 is 12.0 Å². The van der Waals surface area contributed by atoms with Crippen molar-refractivity contribution in [3.63, 3.8) is 0 Å². The molecule has 2 unspecified atom stereocenters. The van der Waals surface area contributed by atoms with E-state index < -0.39 is 5.97 Å². The minimum Gasteiger partial charge on any atom is -0.481 e. The molecule has 2 rings (SSSR count). The molecule has 1 saturated heterocycles. The van der Waals surface area contributed by atoms with Crippen LogP contribution in [0.15, 0.2) is 6.33 Å². The number of nitrogens with zero attached hydrogens (tertiary/aromatic N) is 3. The molecule has 0 aliphatic carbocycles. The van der Waals surface area contributed by atoms with E-state index in [0.29, 0.717) is 12.4 Å². The molecule has 1 aromatic rings. The Kier molecular flexibility index (Phi) is 3.98. The van der Waals surface area contributed by atoms with Gasteiger partial charge in [-0.25, -0.2) is 9.78 Å². The molecule has 8 nitrogen and oxygen atoms in total. The molecule has 0 aromatic carbocycles. The van der Waals surface area contributed by atoms with Crippen molar-refractivity contribution in [2.75, 3.05) is 6.54 Å². The lowest BCUT2D eigenvalue weighted by Gasteiger charge is -2.25. The molecule has 1 aliphatic heterocycles. The van der Waals surface area contributed by atoms with Gasteiger partial charge >= 0.3 is 12.0 Å². The number of hydrogen-bond acceptors (Lipinski definition) is 4. The molecule has 0 saturated carbocycles. The van der Waals surface area contributed by atoms with Crippen molar-refractivity contribution in [3.8, 4) is 0 Å². The van der Waals surface area contributed by atoms with Crippen LogP contribution < -0.4 is 5.32 Å². The third kappa shape index (κ3) is 3.21. The fraction of sp³-hybridized carbons (Fsp3) is 0.636. The zero-order chi connectivity index (χ0) is 13.8. The summed E-state index contributed by atoms with van der Waals surface area (Å²) in [6.07, 6.45) is 2.93. The molecule has 0 bridgehead atoms. The zero-order valence-electron chi connectivity index (χ0n) is 10.7. The average molecular weight is 267 g/mol. The number of aromatic nitrogens is 3. The Hall–Kier alpha value is -2.12. The number of nitrogens with one attached hydrogen (secondary N) is 2. The third-order valence-corrected chi connectivity index (χ3v) is 3.23. The van der Waals surface area contributed by atoms with E-state index in [-0.39, 0.29) is 24.5 Å². The van der Waals surface area contributed by atoms with Gasteiger partial charge in [0.15, 0.2) is 0 Å². The predicted molar refractivity (Wildman–Crippen MR) is 65.3 cm³/mol. The third-order valence-electron chi connectivity index (χ3n) is 3.23. The van der Waals surface area contributed by atoms with Crippen LogP contribution in [0.1, 0.15) is 38.1 Å². The van der Waals surface area contributed by atoms with Crippen molar-refractivity contribution in [1.82, 2.24) is 25.4 Å². The number of carbonyl (C=O) groups excluding carboxylic acids is 1. The van der Waals surface area contributed by atoms with Crippen LogP contribution in [-0.2, 0) is 4.79 Å². The van der Waals surface area contributed by atoms with Crippen LogP contribution >= 0.6 is 0 Å². The van der Waals surface area contributed by atoms with Crippen LogP contribution in [0.25, 0.3) is 0 Å². The maximum Gasteiger partial charge on any atom is 0.318 e. The zero-order valence-corrected chi connectivity index (χ0v) is 10.7. The number of hydrogen-bond donors (Lipinski definition) is 3. The number of aromatic amines is 1. The lowest BCUT2D eigenvalue weighted by atomic mass is 10.1. The number of amides is 2. The van der Waals surface area contributed by atoms with Gasteiger partial charge in [-0.1, -0.05) is 0 Å². The first-order valence-corrected chi connectivity index (χ1v) is 6.22. The summed E-state index contributed by atoms with van der Waals surface area (Å²) in [4.78, 5) is 28.4. The highest BCUT2D eigenvalue weighted by molar-refractivity contribution is 5.76. The summed E-state index contributed by atoms with van der Waals surface area (Å²) in [5.74, 6) is -0.310. The topological polar surface area (TPSA) is 111 Å². The summed E-state index contributed by atoms with van der Waals surface area (Å²) in [5, 5.41) is 18.0. The monoisotopic (exact) mass is 267 g/mol. The van der Waals surface area contributed by atoms with Crippen molar-refractivity contribution in [1.29, 1.82) is 0 Å². The standard InChI is InChI=1S/C11H17N5O3/c1-7(10-12-6-13-15-10)14-11(19)16-4-2-3-8(16)5-9(17)18/h6-8H,2-5H2,1H3,(H,14,19)(H,17,18)(H,12,13,15). The molecule has 19 heavy (non-hydrogen) atoms. The molecule has 1 aromatic heterocycles. The Labute approximate surface area is 110 Å². The summed E-state index contributed by atoms with van der Waals surface area (Å²) in [6.45, 7) is 2.38. The van der Waals surface area contributed by atoms with E-state index in [1.807, 2.05) is 0 Å². The second kappa shape index (κ2) is 5.68. The lowest BCUT2D eigenvalue weighted by molar-refractivity contribution is -0.137. The summed E-state index contributed by atoms with van der Waals surface area (Å²) in [6, 6.07) is -0.770. The van der Waals surface area contributed by atoms with Gasteiger partial charge in [0.25, 0.3) is 0 Å². The Morgan fingerprint density at radius 2 is 2.47 bits per heavy atom. The van der Waals surface area contributed by atoms with Crippen molar-refractivity contribution in [3.05, 3.63) is 12.2 Å². The van der Waals surface area contributed by atoms with Crippen LogP contribution in [0.5, 0.6) is 0 Å². The van der Waals surface area contributed by atoms with Crippen LogP contribution in [0.2, 0.25) is 0 Å². The SMILES string of the molecule is CC(NC(=O)N1CCCC1CC(=O)O)c1ncn[nH]1. The van der Waals surface area contributed by atoms with E-state index in [1.165, 1.54) is 6.33 Å². The molecule has 3 N–H and O–H groups in total. The van der Waals surface area contributed by atoms with E-state index >= 15 is 0 Å². The quantitative estimate of drug-likeness (QED) is 0.736. The number of H-pyrrole nitrogens is 1. The van der Waals surface area contributed by atoms with Crippen LogP contribution in [0, 0.1) is 0 Å². The number of aliphatic carboxylic acids is 1. The Morgan fingerprint density at radius 1 is 1.68 bits per heavy atom. The summed E-state index contributed by atoms with van der Waals surface area (Å²) >= 11 is 0. The van der Waals surface area contributed by atoms with E-state index in [9.17, 15) is 9.59 Å². The maximum absolute atomic E-state index is 12.1. The molecule has 8 heteroatoms. The minimum atomic E-state index is -0.881. The maximum atomic E-state index is 12.1. The van der Waals surface area contributed by atoms with Gasteiger partial charge in [-0.15, -0.1) is 0 Å². The molecule has 1 aliphatic rings. The predicted octanol–water partition coefficient (Wildman–Crippen LogP) is 0.514. The van der Waals surface area contributed by atoms with Gasteiger partial charge in [0.2, 0.25) is 0 Å². The van der Waals surface area contributed by atoms with Gasteiger partial charge in [0.05, 0.1) is 12.5 Å². The smallest absolute Gasteiger partial charge is 0.318 e. The first-order chi connectivity index (χ1) is 9.08. The van der Waals surface area contributed by atoms with Gasteiger partial charge in [0.1, 0.15) is 12.2 Å². The molecular formula is C11H17N5O3. The van der Waals surface area contributed by atoms with Crippen molar-refractivity contribution in [2.24, 2.45) is 0 Å². The van der Waals surface area contributed by atoms with Gasteiger partial charge < -0.3 is 15.3 Å². The van der Waals surface area contributed by atoms with Crippen LogP contribution in [0.3, 0.4) is 0 Å². The lowest BCUT2D eigenvalue weighted by Crippen LogP contribution is -2.44. The molecule has 0 radical (unpaired) electrons. The van der Waals surface area contributed by atoms with Crippen molar-refractivity contribution < 1.29 is 14.7 Å². The fourth-order valence-electron chi connectivity index (χ4n) is 2.28. The molecule has 104 valence electrons. The Bertz CT molecular complexity index is 447. The first-order valence-electron chi connectivity index (χ1n) is 6.22. The van der Waals surface area contributed by atoms with Gasteiger partial charge in [-0.3, -0.25) is 9.89 Å². The minimum absolute atomic E-state index is 0.00981. The van der Waals surface area contributed by atoms with Crippen LogP contribution in [0.4, 0.5) is 4.79 Å². The normalized spacial score (nSPS) is 20.3. The molecular weight excluding hydrogens is 250 g/mol. The van der Waals surface area contributed by atoms with Gasteiger partial charge in [-0.2, -0.15) is 5.10 Å². The van der Waals surface area contributed by atoms with E-state index in [0.717, 1.165) is 12.8 Å². The van der Waals surface area contributed by atoms with Crippen molar-refractivity contribution in [2.45, 2.75) is 38.3 Å². The number of likely N-dealkylation sites (tertiary alicyclic amines) is 1. The second-order valence-electron chi connectivity index (χ2n) is 4.63. The highest BCUT2D eigenvalue weighted by Crippen LogP contribution is 2.20. The molecule has 0 spiro atoms. The number of carboxylic acids is 1. The largest absolute Gasteiger partial charge is 0.481 e. The molecule has 2 amide bonds. The second-order valence-corrected chi connectivity index (χ2v) is 4.63. The van der Waals surface area contributed by atoms with E-state index in [2.05, 4.69) is 20.5 Å². The molecule has 2 heterocycles. The Balaban J connectivity index is 1.93. The Morgan fingerprint density at radius 3 is 3.11 bits per heavy atom. The van der Waals surface area contributed by atoms with E-state index in [4.69, 9.17) is 5.11 Å². The average Bonchev–Trinajstić information content (AvgIpc) is 2.97. The summed E-state index contributed by atoms with van der Waals surface area (Å²) < 4.78 is 0. The van der Waals surface area contributed by atoms with Gasteiger partial charge in [0, 0.05) is 12.6 Å². The molecule has 2 atom stereocenters. The molecule has 1 fully saturated rings.